The molecule has 1 aliphatic carbocycles. The van der Waals surface area contributed by atoms with Gasteiger partial charge in [0.1, 0.15) is 11.6 Å². The number of halogens is 2. The third-order valence-corrected chi connectivity index (χ3v) is 3.64. The van der Waals surface area contributed by atoms with E-state index < -0.39 is 35.2 Å². The van der Waals surface area contributed by atoms with Crippen LogP contribution in [-0.4, -0.2) is 17.9 Å². The van der Waals surface area contributed by atoms with Crippen LogP contribution in [0.25, 0.3) is 0 Å². The summed E-state index contributed by atoms with van der Waals surface area (Å²) in [6, 6.07) is 11.1. The Bertz CT molecular complexity index is 760. The van der Waals surface area contributed by atoms with Crippen LogP contribution < -0.4 is 5.32 Å². The highest BCUT2D eigenvalue weighted by atomic mass is 19.1. The van der Waals surface area contributed by atoms with E-state index >= 15 is 0 Å². The van der Waals surface area contributed by atoms with Crippen LogP contribution >= 0.6 is 0 Å². The molecular weight excluding hydrogens is 316 g/mol. The van der Waals surface area contributed by atoms with Crippen molar-refractivity contribution in [1.29, 1.82) is 0 Å². The maximum absolute atomic E-state index is 13.7. The largest absolute Gasteiger partial charge is 0.444 e. The maximum Gasteiger partial charge on any atom is 0.342 e. The number of hydrogen-bond donors (Lipinski definition) is 1. The molecule has 1 atom stereocenters. The van der Waals surface area contributed by atoms with Crippen LogP contribution in [0.15, 0.2) is 48.5 Å². The molecule has 0 heterocycles. The highest BCUT2D eigenvalue weighted by molar-refractivity contribution is 5.93. The van der Waals surface area contributed by atoms with E-state index in [1.54, 1.807) is 30.3 Å². The molecule has 1 aliphatic rings. The molecule has 1 saturated carbocycles. The third-order valence-electron chi connectivity index (χ3n) is 3.64. The Kier molecular flexibility index (Phi) is 4.55. The Labute approximate surface area is 137 Å². The van der Waals surface area contributed by atoms with Crippen molar-refractivity contribution in [3.8, 4) is 0 Å². The first-order valence-corrected chi connectivity index (χ1v) is 7.56. The van der Waals surface area contributed by atoms with E-state index in [1.165, 1.54) is 0 Å². The molecule has 0 unspecified atom stereocenters. The van der Waals surface area contributed by atoms with E-state index in [9.17, 15) is 18.4 Å². The molecule has 0 aliphatic heterocycles. The first kappa shape index (κ1) is 16.1. The van der Waals surface area contributed by atoms with Crippen LogP contribution in [-0.2, 0) is 9.53 Å². The molecule has 1 amide bonds. The highest BCUT2D eigenvalue weighted by Crippen LogP contribution is 2.24. The summed E-state index contributed by atoms with van der Waals surface area (Å²) in [5, 5.41) is 2.76. The first-order valence-electron chi connectivity index (χ1n) is 7.56. The molecule has 2 aromatic carbocycles. The van der Waals surface area contributed by atoms with Crippen LogP contribution in [0.3, 0.4) is 0 Å². The fourth-order valence-electron chi connectivity index (χ4n) is 2.23. The molecular formula is C18H15F2NO3. The fraction of sp³-hybridized carbons (Fsp3) is 0.222. The zero-order valence-corrected chi connectivity index (χ0v) is 12.7. The first-order chi connectivity index (χ1) is 11.5. The van der Waals surface area contributed by atoms with E-state index in [4.69, 9.17) is 4.74 Å². The van der Waals surface area contributed by atoms with E-state index in [0.717, 1.165) is 25.0 Å². The van der Waals surface area contributed by atoms with Gasteiger partial charge >= 0.3 is 5.97 Å². The Hall–Kier alpha value is -2.76. The van der Waals surface area contributed by atoms with Gasteiger partial charge in [-0.1, -0.05) is 30.3 Å². The Morgan fingerprint density at radius 3 is 2.42 bits per heavy atom. The SMILES string of the molecule is O=C(O[C@@H](C(=O)NC1CC1)c1ccccc1)c1ccc(F)cc1F. The van der Waals surface area contributed by atoms with Gasteiger partial charge in [-0.25, -0.2) is 13.6 Å². The number of benzene rings is 2. The van der Waals surface area contributed by atoms with Crippen LogP contribution in [0.1, 0.15) is 34.9 Å². The van der Waals surface area contributed by atoms with Gasteiger partial charge in [0, 0.05) is 17.7 Å². The minimum absolute atomic E-state index is 0.0879. The van der Waals surface area contributed by atoms with Crippen molar-refractivity contribution in [2.75, 3.05) is 0 Å². The number of amides is 1. The number of nitrogens with one attached hydrogen (secondary N) is 1. The molecule has 1 fully saturated rings. The van der Waals surface area contributed by atoms with Crippen LogP contribution in [0.5, 0.6) is 0 Å². The van der Waals surface area contributed by atoms with Crippen molar-refractivity contribution in [3.05, 3.63) is 71.3 Å². The molecule has 1 N–H and O–H groups in total. The molecule has 24 heavy (non-hydrogen) atoms. The van der Waals surface area contributed by atoms with Crippen LogP contribution in [0, 0.1) is 11.6 Å². The van der Waals surface area contributed by atoms with Gasteiger partial charge in [0.25, 0.3) is 5.91 Å². The molecule has 124 valence electrons. The summed E-state index contributed by atoms with van der Waals surface area (Å²) < 4.78 is 31.9. The summed E-state index contributed by atoms with van der Waals surface area (Å²) in [5.74, 6) is -3.31. The van der Waals surface area contributed by atoms with Gasteiger partial charge in [-0.2, -0.15) is 0 Å². The summed E-state index contributed by atoms with van der Waals surface area (Å²) >= 11 is 0. The lowest BCUT2D eigenvalue weighted by atomic mass is 10.1. The van der Waals surface area contributed by atoms with Gasteiger partial charge in [0.2, 0.25) is 6.10 Å². The normalized spacial score (nSPS) is 14.8. The lowest BCUT2D eigenvalue weighted by Gasteiger charge is -2.18. The summed E-state index contributed by atoms with van der Waals surface area (Å²) in [5.41, 5.74) is 0.0584. The third kappa shape index (κ3) is 3.76. The lowest BCUT2D eigenvalue weighted by molar-refractivity contribution is -0.130. The monoisotopic (exact) mass is 331 g/mol. The minimum Gasteiger partial charge on any atom is -0.444 e. The van der Waals surface area contributed by atoms with Crippen LogP contribution in [0.2, 0.25) is 0 Å². The van der Waals surface area contributed by atoms with Crippen molar-refractivity contribution in [3.63, 3.8) is 0 Å². The smallest absolute Gasteiger partial charge is 0.342 e. The number of carbonyl (C=O) groups is 2. The van der Waals surface area contributed by atoms with E-state index in [-0.39, 0.29) is 6.04 Å². The molecule has 0 radical (unpaired) electrons. The van der Waals surface area contributed by atoms with Gasteiger partial charge in [-0.05, 0) is 25.0 Å². The average molecular weight is 331 g/mol. The van der Waals surface area contributed by atoms with Crippen molar-refractivity contribution in [2.24, 2.45) is 0 Å². The number of esters is 1. The quantitative estimate of drug-likeness (QED) is 0.857. The topological polar surface area (TPSA) is 55.4 Å². The number of carbonyl (C=O) groups excluding carboxylic acids is 2. The van der Waals surface area contributed by atoms with Gasteiger partial charge in [-0.15, -0.1) is 0 Å². The van der Waals surface area contributed by atoms with Crippen LogP contribution in [0.4, 0.5) is 8.78 Å². The van der Waals surface area contributed by atoms with E-state index in [0.29, 0.717) is 11.6 Å². The number of rotatable bonds is 5. The van der Waals surface area contributed by atoms with Gasteiger partial charge in [0.15, 0.2) is 0 Å². The van der Waals surface area contributed by atoms with Gasteiger partial charge in [0.05, 0.1) is 5.56 Å². The number of ether oxygens (including phenoxy) is 1. The zero-order valence-electron chi connectivity index (χ0n) is 12.7. The Morgan fingerprint density at radius 2 is 1.79 bits per heavy atom. The predicted molar refractivity (Wildman–Crippen MR) is 82.1 cm³/mol. The number of hydrogen-bond acceptors (Lipinski definition) is 3. The summed E-state index contributed by atoms with van der Waals surface area (Å²) in [4.78, 5) is 24.6. The second kappa shape index (κ2) is 6.78. The second-order valence-corrected chi connectivity index (χ2v) is 5.60. The summed E-state index contributed by atoms with van der Waals surface area (Å²) in [7, 11) is 0. The van der Waals surface area contributed by atoms with Gasteiger partial charge < -0.3 is 10.1 Å². The Balaban J connectivity index is 1.82. The highest BCUT2D eigenvalue weighted by Gasteiger charge is 2.31. The van der Waals surface area contributed by atoms with E-state index in [2.05, 4.69) is 5.32 Å². The molecule has 0 bridgehead atoms. The minimum atomic E-state index is -1.19. The fourth-order valence-corrected chi connectivity index (χ4v) is 2.23. The van der Waals surface area contributed by atoms with Crippen molar-refractivity contribution in [2.45, 2.75) is 25.0 Å². The zero-order chi connectivity index (χ0) is 17.1. The Morgan fingerprint density at radius 1 is 1.08 bits per heavy atom. The van der Waals surface area contributed by atoms with Gasteiger partial charge in [-0.3, -0.25) is 4.79 Å². The molecule has 0 spiro atoms. The molecule has 0 saturated heterocycles. The van der Waals surface area contributed by atoms with Crippen molar-refractivity contribution >= 4 is 11.9 Å². The summed E-state index contributed by atoms with van der Waals surface area (Å²) in [6.07, 6.45) is 0.574. The molecule has 2 aromatic rings. The van der Waals surface area contributed by atoms with Crippen molar-refractivity contribution < 1.29 is 23.1 Å². The molecule has 4 nitrogen and oxygen atoms in total. The van der Waals surface area contributed by atoms with Crippen molar-refractivity contribution in [1.82, 2.24) is 5.32 Å². The standard InChI is InChI=1S/C18H15F2NO3/c19-12-6-9-14(15(20)10-12)18(23)24-16(11-4-2-1-3-5-11)17(22)21-13-7-8-13/h1-6,9-10,13,16H,7-8H2,(H,21,22)/t16-/m1/s1. The predicted octanol–water partition coefficient (Wildman–Crippen LogP) is 3.14. The van der Waals surface area contributed by atoms with E-state index in [1.807, 2.05) is 0 Å². The molecule has 6 heteroatoms. The second-order valence-electron chi connectivity index (χ2n) is 5.60. The maximum atomic E-state index is 13.7. The molecule has 3 rings (SSSR count). The summed E-state index contributed by atoms with van der Waals surface area (Å²) in [6.45, 7) is 0. The lowest BCUT2D eigenvalue weighted by Crippen LogP contribution is -2.33. The average Bonchev–Trinajstić information content (AvgIpc) is 3.37. The molecule has 0 aromatic heterocycles.